The molecule has 0 aliphatic carbocycles. The quantitative estimate of drug-likeness (QED) is 0.758. The van der Waals surface area contributed by atoms with Crippen molar-refractivity contribution in [2.75, 3.05) is 40.5 Å². The molecule has 5 nitrogen and oxygen atoms in total. The van der Waals surface area contributed by atoms with E-state index < -0.39 is 0 Å². The molecule has 1 aliphatic rings. The molecule has 0 saturated carbocycles. The van der Waals surface area contributed by atoms with Crippen LogP contribution in [0.15, 0.2) is 42.5 Å². The second kappa shape index (κ2) is 9.92. The Morgan fingerprint density at radius 1 is 1.00 bits per heavy atom. The van der Waals surface area contributed by atoms with Gasteiger partial charge in [-0.3, -0.25) is 9.80 Å². The molecule has 0 spiro atoms. The van der Waals surface area contributed by atoms with Crippen LogP contribution in [0.3, 0.4) is 0 Å². The lowest BCUT2D eigenvalue weighted by Crippen LogP contribution is -2.52. The Morgan fingerprint density at radius 3 is 2.54 bits per heavy atom. The van der Waals surface area contributed by atoms with Gasteiger partial charge < -0.3 is 14.6 Å². The second-order valence-electron chi connectivity index (χ2n) is 7.48. The monoisotopic (exact) mass is 384 g/mol. The first-order valence-electron chi connectivity index (χ1n) is 9.97. The number of ether oxygens (including phenoxy) is 2. The minimum absolute atomic E-state index is 0.217. The minimum atomic E-state index is 0.217. The van der Waals surface area contributed by atoms with Crippen LogP contribution in [0, 0.1) is 6.92 Å². The van der Waals surface area contributed by atoms with E-state index in [0.717, 1.165) is 50.6 Å². The fourth-order valence-corrected chi connectivity index (χ4v) is 3.96. The summed E-state index contributed by atoms with van der Waals surface area (Å²) in [4.78, 5) is 4.97. The Morgan fingerprint density at radius 2 is 1.82 bits per heavy atom. The minimum Gasteiger partial charge on any atom is -0.497 e. The van der Waals surface area contributed by atoms with Crippen LogP contribution in [0.4, 0.5) is 0 Å². The highest BCUT2D eigenvalue weighted by molar-refractivity contribution is 5.40. The maximum Gasteiger partial charge on any atom is 0.127 e. The summed E-state index contributed by atoms with van der Waals surface area (Å²) < 4.78 is 10.9. The lowest BCUT2D eigenvalue weighted by Gasteiger charge is -2.41. The van der Waals surface area contributed by atoms with E-state index in [4.69, 9.17) is 9.47 Å². The first kappa shape index (κ1) is 20.6. The Kier molecular flexibility index (Phi) is 7.31. The summed E-state index contributed by atoms with van der Waals surface area (Å²) in [6.45, 7) is 7.11. The molecular weight excluding hydrogens is 352 g/mol. The molecule has 5 heteroatoms. The highest BCUT2D eigenvalue weighted by atomic mass is 16.5. The summed E-state index contributed by atoms with van der Waals surface area (Å²) in [6.07, 6.45) is 0.794. The van der Waals surface area contributed by atoms with E-state index in [1.807, 2.05) is 12.1 Å². The van der Waals surface area contributed by atoms with Gasteiger partial charge in [-0.1, -0.05) is 30.3 Å². The molecule has 0 amide bonds. The first-order valence-corrected chi connectivity index (χ1v) is 9.97. The van der Waals surface area contributed by atoms with Gasteiger partial charge in [0.15, 0.2) is 0 Å². The number of hydrogen-bond donors (Lipinski definition) is 1. The zero-order valence-electron chi connectivity index (χ0n) is 17.2. The maximum atomic E-state index is 9.59. The third-order valence-corrected chi connectivity index (χ3v) is 5.67. The van der Waals surface area contributed by atoms with E-state index in [1.165, 1.54) is 16.7 Å². The fraction of sp³-hybridized carbons (Fsp3) is 0.478. The first-order chi connectivity index (χ1) is 13.6. The van der Waals surface area contributed by atoms with Gasteiger partial charge in [-0.05, 0) is 30.5 Å². The van der Waals surface area contributed by atoms with Crippen molar-refractivity contribution in [2.45, 2.75) is 32.5 Å². The molecule has 1 heterocycles. The molecule has 1 fully saturated rings. The molecule has 1 saturated heterocycles. The highest BCUT2D eigenvalue weighted by Crippen LogP contribution is 2.27. The van der Waals surface area contributed by atoms with E-state index >= 15 is 0 Å². The van der Waals surface area contributed by atoms with Gasteiger partial charge in [0, 0.05) is 57.0 Å². The van der Waals surface area contributed by atoms with E-state index in [9.17, 15) is 5.11 Å². The summed E-state index contributed by atoms with van der Waals surface area (Å²) >= 11 is 0. The lowest BCUT2D eigenvalue weighted by atomic mass is 10.0. The molecule has 0 aromatic heterocycles. The predicted octanol–water partition coefficient (Wildman–Crippen LogP) is 3.08. The lowest BCUT2D eigenvalue weighted by molar-refractivity contribution is 0.0495. The second-order valence-corrected chi connectivity index (χ2v) is 7.48. The van der Waals surface area contributed by atoms with Crippen molar-refractivity contribution in [3.8, 4) is 11.5 Å². The van der Waals surface area contributed by atoms with Crippen molar-refractivity contribution in [3.63, 3.8) is 0 Å². The molecule has 2 aromatic carbocycles. The zero-order valence-corrected chi connectivity index (χ0v) is 17.2. The van der Waals surface area contributed by atoms with E-state index in [0.29, 0.717) is 6.04 Å². The summed E-state index contributed by atoms with van der Waals surface area (Å²) in [5.41, 5.74) is 3.87. The number of piperazine rings is 1. The normalized spacial score (nSPS) is 18.2. The van der Waals surface area contributed by atoms with Crippen molar-refractivity contribution in [1.82, 2.24) is 9.80 Å². The van der Waals surface area contributed by atoms with Gasteiger partial charge in [-0.2, -0.15) is 0 Å². The Labute approximate surface area is 168 Å². The largest absolute Gasteiger partial charge is 0.497 e. The van der Waals surface area contributed by atoms with Gasteiger partial charge in [0.2, 0.25) is 0 Å². The molecule has 1 aliphatic heterocycles. The van der Waals surface area contributed by atoms with E-state index in [-0.39, 0.29) is 6.61 Å². The molecule has 0 radical (unpaired) electrons. The molecule has 152 valence electrons. The number of aliphatic hydroxyl groups is 1. The average molecular weight is 385 g/mol. The standard InChI is InChI=1S/C23H32N2O3/c1-18-6-4-5-7-19(18)16-25-12-11-24(17-21(25)10-13-26)15-20-8-9-22(27-2)14-23(20)28-3/h4-9,14,21,26H,10-13,15-17H2,1-3H3. The van der Waals surface area contributed by atoms with Crippen molar-refractivity contribution in [2.24, 2.45) is 0 Å². The van der Waals surface area contributed by atoms with Gasteiger partial charge >= 0.3 is 0 Å². The van der Waals surface area contributed by atoms with Gasteiger partial charge in [0.25, 0.3) is 0 Å². The van der Waals surface area contributed by atoms with Crippen LogP contribution in [-0.4, -0.2) is 61.4 Å². The summed E-state index contributed by atoms with van der Waals surface area (Å²) in [5.74, 6) is 1.67. The Bertz CT molecular complexity index is 765. The van der Waals surface area contributed by atoms with Crippen LogP contribution in [0.5, 0.6) is 11.5 Å². The molecule has 0 bridgehead atoms. The molecule has 1 unspecified atom stereocenters. The van der Waals surface area contributed by atoms with Crippen LogP contribution in [0.25, 0.3) is 0 Å². The van der Waals surface area contributed by atoms with Gasteiger partial charge in [-0.15, -0.1) is 0 Å². The fourth-order valence-electron chi connectivity index (χ4n) is 3.96. The molecule has 28 heavy (non-hydrogen) atoms. The van der Waals surface area contributed by atoms with Crippen molar-refractivity contribution in [1.29, 1.82) is 0 Å². The number of methoxy groups -OCH3 is 2. The van der Waals surface area contributed by atoms with Crippen LogP contribution in [-0.2, 0) is 13.1 Å². The topological polar surface area (TPSA) is 45.2 Å². The summed E-state index contributed by atoms with van der Waals surface area (Å²) in [5, 5.41) is 9.59. The highest BCUT2D eigenvalue weighted by Gasteiger charge is 2.27. The third-order valence-electron chi connectivity index (χ3n) is 5.67. The van der Waals surface area contributed by atoms with Crippen LogP contribution in [0.2, 0.25) is 0 Å². The average Bonchev–Trinajstić information content (AvgIpc) is 2.72. The number of hydrogen-bond acceptors (Lipinski definition) is 5. The number of nitrogens with zero attached hydrogens (tertiary/aromatic N) is 2. The van der Waals surface area contributed by atoms with Crippen LogP contribution in [0.1, 0.15) is 23.1 Å². The smallest absolute Gasteiger partial charge is 0.127 e. The maximum absolute atomic E-state index is 9.59. The molecule has 1 N–H and O–H groups in total. The number of aryl methyl sites for hydroxylation is 1. The van der Waals surface area contributed by atoms with Crippen molar-refractivity contribution < 1.29 is 14.6 Å². The van der Waals surface area contributed by atoms with Gasteiger partial charge in [0.1, 0.15) is 11.5 Å². The predicted molar refractivity (Wildman–Crippen MR) is 112 cm³/mol. The number of benzene rings is 2. The summed E-state index contributed by atoms with van der Waals surface area (Å²) in [7, 11) is 3.37. The molecule has 2 aromatic rings. The molecule has 1 atom stereocenters. The van der Waals surface area contributed by atoms with Gasteiger partial charge in [0.05, 0.1) is 14.2 Å². The Balaban J connectivity index is 1.68. The number of aliphatic hydroxyl groups excluding tert-OH is 1. The number of rotatable bonds is 8. The van der Waals surface area contributed by atoms with Crippen LogP contribution < -0.4 is 9.47 Å². The van der Waals surface area contributed by atoms with Gasteiger partial charge in [-0.25, -0.2) is 0 Å². The summed E-state index contributed by atoms with van der Waals surface area (Å²) in [6, 6.07) is 14.9. The van der Waals surface area contributed by atoms with E-state index in [2.05, 4.69) is 47.1 Å². The SMILES string of the molecule is COc1ccc(CN2CCN(Cc3ccccc3C)C(CCO)C2)c(OC)c1. The van der Waals surface area contributed by atoms with E-state index in [1.54, 1.807) is 14.2 Å². The third kappa shape index (κ3) is 5.04. The molecular formula is C23H32N2O3. The molecule has 3 rings (SSSR count). The van der Waals surface area contributed by atoms with Crippen molar-refractivity contribution >= 4 is 0 Å². The zero-order chi connectivity index (χ0) is 19.9. The Hall–Kier alpha value is -2.08. The van der Waals surface area contributed by atoms with Crippen LogP contribution >= 0.6 is 0 Å². The van der Waals surface area contributed by atoms with Crippen molar-refractivity contribution in [3.05, 3.63) is 59.2 Å².